The van der Waals surface area contributed by atoms with E-state index in [9.17, 15) is 19.1 Å². The lowest BCUT2D eigenvalue weighted by Gasteiger charge is -2.14. The standard InChI is InChI=1S/C20H20NO5P/c21-19(20(22)23)11-13-8-14(12-27(24,25)26)10-16(9-13)18-7-3-5-15-4-1-2-6-17(15)18/h1-10,19H,11-12,21H2,(H,22,23)(H2,24,25,26)/t19-/m1/s1. The van der Waals surface area contributed by atoms with Crippen molar-refractivity contribution in [2.75, 3.05) is 0 Å². The van der Waals surface area contributed by atoms with Crippen molar-refractivity contribution in [2.45, 2.75) is 18.6 Å². The van der Waals surface area contributed by atoms with Gasteiger partial charge in [-0.2, -0.15) is 0 Å². The second-order valence-corrected chi connectivity index (χ2v) is 8.18. The maximum atomic E-state index is 11.5. The molecule has 140 valence electrons. The molecule has 0 unspecified atom stereocenters. The highest BCUT2D eigenvalue weighted by Gasteiger charge is 2.18. The molecule has 0 aliphatic carbocycles. The van der Waals surface area contributed by atoms with Crippen molar-refractivity contribution in [1.29, 1.82) is 0 Å². The van der Waals surface area contributed by atoms with Crippen LogP contribution in [0.15, 0.2) is 60.7 Å². The van der Waals surface area contributed by atoms with Crippen molar-refractivity contribution in [1.82, 2.24) is 0 Å². The Labute approximate surface area is 156 Å². The highest BCUT2D eigenvalue weighted by Crippen LogP contribution is 2.40. The molecule has 1 atom stereocenters. The molecule has 0 aromatic heterocycles. The molecule has 0 saturated carbocycles. The van der Waals surface area contributed by atoms with E-state index in [2.05, 4.69) is 0 Å². The van der Waals surface area contributed by atoms with Crippen LogP contribution in [-0.4, -0.2) is 26.9 Å². The summed E-state index contributed by atoms with van der Waals surface area (Å²) in [4.78, 5) is 29.8. The van der Waals surface area contributed by atoms with Gasteiger partial charge in [-0.25, -0.2) is 0 Å². The third-order valence-corrected chi connectivity index (χ3v) is 5.09. The van der Waals surface area contributed by atoms with Crippen LogP contribution in [0.25, 0.3) is 21.9 Å². The van der Waals surface area contributed by atoms with E-state index in [4.69, 9.17) is 10.8 Å². The molecular formula is C20H20NO5P. The second kappa shape index (κ2) is 7.62. The van der Waals surface area contributed by atoms with Gasteiger partial charge >= 0.3 is 13.6 Å². The smallest absolute Gasteiger partial charge is 0.329 e. The number of aliphatic carboxylic acids is 1. The Morgan fingerprint density at radius 1 is 1.00 bits per heavy atom. The molecule has 3 rings (SSSR count). The van der Waals surface area contributed by atoms with Crippen LogP contribution in [0.3, 0.4) is 0 Å². The third kappa shape index (κ3) is 4.81. The number of carboxylic acid groups (broad SMARTS) is 1. The van der Waals surface area contributed by atoms with Gasteiger partial charge < -0.3 is 20.6 Å². The van der Waals surface area contributed by atoms with Gasteiger partial charge in [0.25, 0.3) is 0 Å². The number of carboxylic acids is 1. The highest BCUT2D eigenvalue weighted by atomic mass is 31.2. The SMILES string of the molecule is N[C@H](Cc1cc(CP(=O)(O)O)cc(-c2cccc3ccccc23)c1)C(=O)O. The summed E-state index contributed by atoms with van der Waals surface area (Å²) in [5.74, 6) is -1.12. The van der Waals surface area contributed by atoms with Gasteiger partial charge in [0, 0.05) is 0 Å². The maximum absolute atomic E-state index is 11.5. The van der Waals surface area contributed by atoms with Crippen LogP contribution in [0.4, 0.5) is 0 Å². The van der Waals surface area contributed by atoms with Crippen molar-refractivity contribution in [2.24, 2.45) is 5.73 Å². The number of nitrogens with two attached hydrogens (primary N) is 1. The Morgan fingerprint density at radius 2 is 1.67 bits per heavy atom. The van der Waals surface area contributed by atoms with E-state index >= 15 is 0 Å². The average molecular weight is 385 g/mol. The summed E-state index contributed by atoms with van der Waals surface area (Å²) in [7, 11) is -4.27. The molecule has 0 spiro atoms. The minimum absolute atomic E-state index is 0.0715. The van der Waals surface area contributed by atoms with E-state index in [-0.39, 0.29) is 6.42 Å². The van der Waals surface area contributed by atoms with Crippen LogP contribution < -0.4 is 5.73 Å². The van der Waals surface area contributed by atoms with Crippen LogP contribution in [0, 0.1) is 0 Å². The van der Waals surface area contributed by atoms with E-state index in [1.54, 1.807) is 12.1 Å². The summed E-state index contributed by atoms with van der Waals surface area (Å²) in [5.41, 5.74) is 8.40. The molecule has 27 heavy (non-hydrogen) atoms. The molecule has 0 fully saturated rings. The zero-order valence-electron chi connectivity index (χ0n) is 14.4. The number of rotatable bonds is 6. The fourth-order valence-electron chi connectivity index (χ4n) is 3.18. The summed E-state index contributed by atoms with van der Waals surface area (Å²) in [6, 6.07) is 17.7. The number of benzene rings is 3. The Balaban J connectivity index is 2.14. The minimum atomic E-state index is -4.27. The first-order chi connectivity index (χ1) is 12.7. The lowest BCUT2D eigenvalue weighted by atomic mass is 9.94. The van der Waals surface area contributed by atoms with E-state index in [1.165, 1.54) is 0 Å². The topological polar surface area (TPSA) is 121 Å². The zero-order valence-corrected chi connectivity index (χ0v) is 15.3. The quantitative estimate of drug-likeness (QED) is 0.484. The minimum Gasteiger partial charge on any atom is -0.480 e. The van der Waals surface area contributed by atoms with Gasteiger partial charge in [-0.3, -0.25) is 9.36 Å². The fourth-order valence-corrected chi connectivity index (χ4v) is 3.84. The largest absolute Gasteiger partial charge is 0.480 e. The lowest BCUT2D eigenvalue weighted by Crippen LogP contribution is -2.32. The van der Waals surface area contributed by atoms with Crippen molar-refractivity contribution in [3.63, 3.8) is 0 Å². The molecule has 0 aliphatic rings. The molecule has 0 heterocycles. The first-order valence-electron chi connectivity index (χ1n) is 8.37. The molecule has 0 aliphatic heterocycles. The van der Waals surface area contributed by atoms with Crippen LogP contribution in [0.1, 0.15) is 11.1 Å². The van der Waals surface area contributed by atoms with Crippen LogP contribution in [0.2, 0.25) is 0 Å². The Bertz CT molecular complexity index is 1040. The Morgan fingerprint density at radius 3 is 2.37 bits per heavy atom. The summed E-state index contributed by atoms with van der Waals surface area (Å²) >= 11 is 0. The number of carbonyl (C=O) groups is 1. The van der Waals surface area contributed by atoms with Gasteiger partial charge in [-0.15, -0.1) is 0 Å². The van der Waals surface area contributed by atoms with E-state index in [0.717, 1.165) is 21.9 Å². The van der Waals surface area contributed by atoms with Crippen molar-refractivity contribution in [3.05, 3.63) is 71.8 Å². The van der Waals surface area contributed by atoms with Crippen LogP contribution >= 0.6 is 7.60 Å². The van der Waals surface area contributed by atoms with Gasteiger partial charge in [0.2, 0.25) is 0 Å². The van der Waals surface area contributed by atoms with E-state index in [1.807, 2.05) is 48.5 Å². The van der Waals surface area contributed by atoms with Crippen molar-refractivity contribution < 1.29 is 24.3 Å². The summed E-state index contributed by atoms with van der Waals surface area (Å²) in [6.07, 6.45) is -0.344. The summed E-state index contributed by atoms with van der Waals surface area (Å²) in [6.45, 7) is 0. The summed E-state index contributed by atoms with van der Waals surface area (Å²) < 4.78 is 11.5. The molecule has 0 bridgehead atoms. The highest BCUT2D eigenvalue weighted by molar-refractivity contribution is 7.50. The first kappa shape index (κ1) is 19.3. The molecule has 0 saturated heterocycles. The van der Waals surface area contributed by atoms with Gasteiger partial charge in [0.15, 0.2) is 0 Å². The predicted molar refractivity (Wildman–Crippen MR) is 104 cm³/mol. The second-order valence-electron chi connectivity index (χ2n) is 6.54. The zero-order chi connectivity index (χ0) is 19.6. The average Bonchev–Trinajstić information content (AvgIpc) is 2.59. The van der Waals surface area contributed by atoms with Gasteiger partial charge in [-0.05, 0) is 39.4 Å². The molecule has 3 aromatic carbocycles. The van der Waals surface area contributed by atoms with E-state index < -0.39 is 25.8 Å². The van der Waals surface area contributed by atoms with Gasteiger partial charge in [-0.1, -0.05) is 60.7 Å². The molecule has 3 aromatic rings. The van der Waals surface area contributed by atoms with E-state index in [0.29, 0.717) is 11.1 Å². The fraction of sp³-hybridized carbons (Fsp3) is 0.150. The molecule has 6 nitrogen and oxygen atoms in total. The van der Waals surface area contributed by atoms with Gasteiger partial charge in [0.05, 0.1) is 6.16 Å². The molecule has 5 N–H and O–H groups in total. The van der Waals surface area contributed by atoms with Crippen LogP contribution in [-0.2, 0) is 21.9 Å². The number of fused-ring (bicyclic) bond motifs is 1. The monoisotopic (exact) mass is 385 g/mol. The van der Waals surface area contributed by atoms with Gasteiger partial charge in [0.1, 0.15) is 6.04 Å². The van der Waals surface area contributed by atoms with Crippen molar-refractivity contribution >= 4 is 24.3 Å². The van der Waals surface area contributed by atoms with Crippen molar-refractivity contribution in [3.8, 4) is 11.1 Å². The first-order valence-corrected chi connectivity index (χ1v) is 10.2. The number of hydrogen-bond acceptors (Lipinski definition) is 3. The summed E-state index contributed by atoms with van der Waals surface area (Å²) in [5, 5.41) is 11.1. The lowest BCUT2D eigenvalue weighted by molar-refractivity contribution is -0.138. The molecule has 7 heteroatoms. The van der Waals surface area contributed by atoms with Crippen LogP contribution in [0.5, 0.6) is 0 Å². The number of hydrogen-bond donors (Lipinski definition) is 4. The molecular weight excluding hydrogens is 365 g/mol. The Kier molecular flexibility index (Phi) is 5.44. The maximum Gasteiger partial charge on any atom is 0.329 e. The predicted octanol–water partition coefficient (Wildman–Crippen LogP) is 3.14. The molecule has 0 amide bonds. The normalized spacial score (nSPS) is 12.9. The third-order valence-electron chi connectivity index (χ3n) is 4.31. The molecule has 0 radical (unpaired) electrons. The Hall–Kier alpha value is -2.50.